The van der Waals surface area contributed by atoms with Gasteiger partial charge in [-0.15, -0.1) is 0 Å². The fraction of sp³-hybridized carbons (Fsp3) is 0.409. The Hall–Kier alpha value is -2.74. The van der Waals surface area contributed by atoms with Gasteiger partial charge in [-0.1, -0.05) is 30.8 Å². The lowest BCUT2D eigenvalue weighted by Gasteiger charge is -2.18. The molecular weight excluding hydrogens is 400 g/mol. The lowest BCUT2D eigenvalue weighted by Crippen LogP contribution is -2.29. The predicted octanol–water partition coefficient (Wildman–Crippen LogP) is 3.98. The summed E-state index contributed by atoms with van der Waals surface area (Å²) in [5.74, 6) is 0.803. The molecule has 3 aromatic rings. The number of nitrogens with one attached hydrogen (secondary N) is 2. The van der Waals surface area contributed by atoms with Gasteiger partial charge in [-0.05, 0) is 51.0 Å². The molecule has 3 rings (SSSR count). The van der Waals surface area contributed by atoms with Crippen molar-refractivity contribution < 1.29 is 9.53 Å². The Bertz CT molecular complexity index is 1110. The number of carbonyl (C=O) groups is 1. The van der Waals surface area contributed by atoms with Crippen LogP contribution in [0.3, 0.4) is 0 Å². The van der Waals surface area contributed by atoms with Gasteiger partial charge in [0.25, 0.3) is 5.56 Å². The Morgan fingerprint density at radius 1 is 1.33 bits per heavy atom. The molecule has 0 aliphatic rings. The summed E-state index contributed by atoms with van der Waals surface area (Å²) in [6, 6.07) is 9.30. The highest BCUT2D eigenvalue weighted by molar-refractivity contribution is 7.99. The first-order valence-electron chi connectivity index (χ1n) is 10.0. The number of H-pyrrole nitrogens is 1. The number of benzene rings is 1. The molecule has 160 valence electrons. The van der Waals surface area contributed by atoms with Gasteiger partial charge in [0.15, 0.2) is 5.16 Å². The number of thioether (sulfide) groups is 1. The molecule has 0 aliphatic carbocycles. The molecule has 0 radical (unpaired) electrons. The number of aryl methyl sites for hydroxylation is 1. The molecule has 0 aliphatic heterocycles. The lowest BCUT2D eigenvalue weighted by molar-refractivity contribution is -0.119. The van der Waals surface area contributed by atoms with Crippen LogP contribution >= 0.6 is 11.8 Å². The number of hydrogen-bond acceptors (Lipinski definition) is 5. The summed E-state index contributed by atoms with van der Waals surface area (Å²) in [4.78, 5) is 33.3. The Labute approximate surface area is 180 Å². The summed E-state index contributed by atoms with van der Waals surface area (Å²) in [5, 5.41) is 3.56. The van der Waals surface area contributed by atoms with Crippen molar-refractivity contribution in [2.75, 3.05) is 12.9 Å². The zero-order valence-electron chi connectivity index (χ0n) is 18.0. The van der Waals surface area contributed by atoms with E-state index in [1.165, 1.54) is 11.8 Å². The monoisotopic (exact) mass is 428 g/mol. The van der Waals surface area contributed by atoms with Crippen LogP contribution in [0.1, 0.15) is 50.5 Å². The molecule has 1 aromatic carbocycles. The summed E-state index contributed by atoms with van der Waals surface area (Å²) >= 11 is 1.28. The van der Waals surface area contributed by atoms with Crippen molar-refractivity contribution in [3.63, 3.8) is 0 Å². The first-order chi connectivity index (χ1) is 14.3. The maximum absolute atomic E-state index is 13.0. The fourth-order valence-electron chi connectivity index (χ4n) is 3.27. The van der Waals surface area contributed by atoms with Crippen molar-refractivity contribution in [1.82, 2.24) is 19.9 Å². The van der Waals surface area contributed by atoms with Gasteiger partial charge in [0.1, 0.15) is 11.3 Å². The van der Waals surface area contributed by atoms with E-state index in [0.717, 1.165) is 23.4 Å². The van der Waals surface area contributed by atoms with E-state index in [2.05, 4.69) is 15.3 Å². The van der Waals surface area contributed by atoms with Crippen LogP contribution in [0.5, 0.6) is 5.75 Å². The Morgan fingerprint density at radius 2 is 2.10 bits per heavy atom. The van der Waals surface area contributed by atoms with E-state index in [1.54, 1.807) is 11.7 Å². The van der Waals surface area contributed by atoms with Crippen molar-refractivity contribution in [2.24, 2.45) is 0 Å². The normalized spacial score (nSPS) is 13.2. The Balaban J connectivity index is 1.77. The summed E-state index contributed by atoms with van der Waals surface area (Å²) in [6.07, 6.45) is 0.791. The van der Waals surface area contributed by atoms with E-state index in [0.29, 0.717) is 16.2 Å². The molecule has 1 amide bonds. The average Bonchev–Trinajstić information content (AvgIpc) is 3.12. The highest BCUT2D eigenvalue weighted by Gasteiger charge is 2.18. The molecule has 0 spiro atoms. The number of aromatic nitrogens is 3. The van der Waals surface area contributed by atoms with Gasteiger partial charge in [0, 0.05) is 11.7 Å². The summed E-state index contributed by atoms with van der Waals surface area (Å²) < 4.78 is 6.93. The van der Waals surface area contributed by atoms with Crippen LogP contribution in [0.15, 0.2) is 40.3 Å². The zero-order chi connectivity index (χ0) is 21.8. The molecule has 0 fully saturated rings. The molecule has 2 atom stereocenters. The minimum absolute atomic E-state index is 0.0146. The van der Waals surface area contributed by atoms with Crippen LogP contribution in [0.25, 0.3) is 11.0 Å². The topological polar surface area (TPSA) is 89.0 Å². The van der Waals surface area contributed by atoms with E-state index in [9.17, 15) is 9.59 Å². The smallest absolute Gasteiger partial charge is 0.278 e. The van der Waals surface area contributed by atoms with E-state index in [-0.39, 0.29) is 29.3 Å². The van der Waals surface area contributed by atoms with Crippen molar-refractivity contribution in [3.05, 3.63) is 51.9 Å². The van der Waals surface area contributed by atoms with Crippen LogP contribution in [-0.2, 0) is 4.79 Å². The standard InChI is InChI=1S/C22H28N4O3S/c1-6-14(3)26-21(28)20-18(10-13(2)23-20)25-22(26)30-12-19(27)24-15(4)16-8-7-9-17(11-16)29-5/h7-11,14-15,23H,6,12H2,1-5H3,(H,24,27). The number of hydrogen-bond donors (Lipinski definition) is 2. The van der Waals surface area contributed by atoms with Gasteiger partial charge in [0.05, 0.1) is 24.4 Å². The van der Waals surface area contributed by atoms with Crippen molar-refractivity contribution in [2.45, 2.75) is 51.4 Å². The number of fused-ring (bicyclic) bond motifs is 1. The number of methoxy groups -OCH3 is 1. The predicted molar refractivity (Wildman–Crippen MR) is 120 cm³/mol. The summed E-state index contributed by atoms with van der Waals surface area (Å²) in [6.45, 7) is 7.84. The van der Waals surface area contributed by atoms with Crippen LogP contribution in [-0.4, -0.2) is 33.3 Å². The Kier molecular flexibility index (Phi) is 6.87. The third-order valence-electron chi connectivity index (χ3n) is 5.12. The van der Waals surface area contributed by atoms with Crippen molar-refractivity contribution in [3.8, 4) is 5.75 Å². The van der Waals surface area contributed by atoms with Gasteiger partial charge in [-0.2, -0.15) is 0 Å². The zero-order valence-corrected chi connectivity index (χ0v) is 18.8. The molecule has 30 heavy (non-hydrogen) atoms. The molecule has 2 heterocycles. The van der Waals surface area contributed by atoms with E-state index in [4.69, 9.17) is 4.74 Å². The summed E-state index contributed by atoms with van der Waals surface area (Å²) in [7, 11) is 1.62. The average molecular weight is 429 g/mol. The second kappa shape index (κ2) is 9.38. The third kappa shape index (κ3) is 4.70. The molecule has 2 N–H and O–H groups in total. The highest BCUT2D eigenvalue weighted by Crippen LogP contribution is 2.23. The maximum Gasteiger partial charge on any atom is 0.278 e. The third-order valence-corrected chi connectivity index (χ3v) is 6.07. The van der Waals surface area contributed by atoms with E-state index in [1.807, 2.05) is 58.0 Å². The molecule has 2 aromatic heterocycles. The van der Waals surface area contributed by atoms with Gasteiger partial charge in [-0.3, -0.25) is 14.2 Å². The van der Waals surface area contributed by atoms with E-state index >= 15 is 0 Å². The number of aromatic amines is 1. The second-order valence-electron chi connectivity index (χ2n) is 7.39. The SMILES string of the molecule is CCC(C)n1c(SCC(=O)NC(C)c2cccc(OC)c2)nc2cc(C)[nH]c2c1=O. The number of carbonyl (C=O) groups excluding carboxylic acids is 1. The molecule has 8 heteroatoms. The first-order valence-corrected chi connectivity index (χ1v) is 11.0. The first kappa shape index (κ1) is 22.0. The number of ether oxygens (including phenoxy) is 1. The number of nitrogens with zero attached hydrogens (tertiary/aromatic N) is 2. The van der Waals surface area contributed by atoms with Gasteiger partial charge >= 0.3 is 0 Å². The molecule has 0 saturated heterocycles. The Morgan fingerprint density at radius 3 is 2.80 bits per heavy atom. The largest absolute Gasteiger partial charge is 0.497 e. The minimum Gasteiger partial charge on any atom is -0.497 e. The van der Waals surface area contributed by atoms with Gasteiger partial charge in [0.2, 0.25) is 5.91 Å². The number of amides is 1. The highest BCUT2D eigenvalue weighted by atomic mass is 32.2. The fourth-order valence-corrected chi connectivity index (χ4v) is 4.18. The quantitative estimate of drug-likeness (QED) is 0.418. The number of rotatable bonds is 8. The van der Waals surface area contributed by atoms with Crippen LogP contribution in [0.2, 0.25) is 0 Å². The van der Waals surface area contributed by atoms with E-state index < -0.39 is 0 Å². The van der Waals surface area contributed by atoms with Crippen molar-refractivity contribution in [1.29, 1.82) is 0 Å². The van der Waals surface area contributed by atoms with Crippen LogP contribution < -0.4 is 15.6 Å². The lowest BCUT2D eigenvalue weighted by atomic mass is 10.1. The molecule has 0 bridgehead atoms. The maximum atomic E-state index is 13.0. The molecular formula is C22H28N4O3S. The minimum atomic E-state index is -0.160. The van der Waals surface area contributed by atoms with Crippen LogP contribution in [0.4, 0.5) is 0 Å². The van der Waals surface area contributed by atoms with Gasteiger partial charge in [-0.25, -0.2) is 4.98 Å². The van der Waals surface area contributed by atoms with Crippen LogP contribution in [0, 0.1) is 6.92 Å². The molecule has 2 unspecified atom stereocenters. The van der Waals surface area contributed by atoms with Gasteiger partial charge < -0.3 is 15.0 Å². The van der Waals surface area contributed by atoms with Crippen molar-refractivity contribution >= 4 is 28.7 Å². The second-order valence-corrected chi connectivity index (χ2v) is 8.34. The molecule has 0 saturated carbocycles. The summed E-state index contributed by atoms with van der Waals surface area (Å²) in [5.41, 5.74) is 2.89. The molecule has 7 nitrogen and oxygen atoms in total.